The first kappa shape index (κ1) is 11.3. The number of nitrogens with one attached hydrogen (secondary N) is 1. The van der Waals surface area contributed by atoms with Crippen LogP contribution in [0.15, 0.2) is 17.4 Å². The molecule has 0 bridgehead atoms. The average molecular weight is 213 g/mol. The molecule has 0 aromatic carbocycles. The Morgan fingerprint density at radius 2 is 2.36 bits per heavy atom. The number of hydrogen-bond donors (Lipinski definition) is 1. The number of rotatable bonds is 5. The molecular formula is C9H15N3OS. The van der Waals surface area contributed by atoms with Crippen LogP contribution in [0.3, 0.4) is 0 Å². The van der Waals surface area contributed by atoms with E-state index in [0.717, 1.165) is 11.6 Å². The van der Waals surface area contributed by atoms with Gasteiger partial charge in [0, 0.05) is 12.6 Å². The predicted molar refractivity (Wildman–Crippen MR) is 57.8 cm³/mol. The molecular weight excluding hydrogens is 198 g/mol. The number of likely N-dealkylation sites (N-methyl/N-ethyl adjacent to an activating group) is 1. The number of aromatic nitrogens is 2. The zero-order chi connectivity index (χ0) is 10.4. The van der Waals surface area contributed by atoms with Gasteiger partial charge in [-0.2, -0.15) is 0 Å². The first-order valence-electron chi connectivity index (χ1n) is 4.43. The third-order valence-corrected chi connectivity index (χ3v) is 2.28. The van der Waals surface area contributed by atoms with Gasteiger partial charge in [-0.3, -0.25) is 0 Å². The third-order valence-electron chi connectivity index (χ3n) is 1.64. The van der Waals surface area contributed by atoms with Crippen molar-refractivity contribution in [2.24, 2.45) is 0 Å². The Morgan fingerprint density at radius 3 is 3.00 bits per heavy atom. The van der Waals surface area contributed by atoms with Gasteiger partial charge in [0.2, 0.25) is 5.88 Å². The minimum atomic E-state index is 0.115. The lowest BCUT2D eigenvalue weighted by atomic mass is 10.4. The van der Waals surface area contributed by atoms with Crippen LogP contribution < -0.4 is 10.1 Å². The van der Waals surface area contributed by atoms with Crippen LogP contribution >= 0.6 is 11.8 Å². The van der Waals surface area contributed by atoms with Gasteiger partial charge in [-0.1, -0.05) is 0 Å². The molecule has 1 heterocycles. The highest BCUT2D eigenvalue weighted by Gasteiger charge is 2.04. The summed E-state index contributed by atoms with van der Waals surface area (Å²) < 4.78 is 5.57. The average Bonchev–Trinajstić information content (AvgIpc) is 2.18. The molecule has 0 aliphatic heterocycles. The number of thioether (sulfide) groups is 1. The molecule has 78 valence electrons. The van der Waals surface area contributed by atoms with Crippen molar-refractivity contribution in [3.05, 3.63) is 12.4 Å². The highest BCUT2D eigenvalue weighted by Crippen LogP contribution is 2.15. The van der Waals surface area contributed by atoms with Gasteiger partial charge in [-0.15, -0.1) is 11.8 Å². The summed E-state index contributed by atoms with van der Waals surface area (Å²) in [5, 5.41) is 3.97. The molecule has 0 spiro atoms. The van der Waals surface area contributed by atoms with E-state index in [-0.39, 0.29) is 6.10 Å². The molecule has 14 heavy (non-hydrogen) atoms. The molecule has 1 aromatic heterocycles. The van der Waals surface area contributed by atoms with Gasteiger partial charge < -0.3 is 10.1 Å². The lowest BCUT2D eigenvalue weighted by molar-refractivity contribution is 0.211. The molecule has 1 N–H and O–H groups in total. The summed E-state index contributed by atoms with van der Waals surface area (Å²) in [5.41, 5.74) is 0. The van der Waals surface area contributed by atoms with Crippen molar-refractivity contribution < 1.29 is 4.74 Å². The van der Waals surface area contributed by atoms with Crippen LogP contribution in [0, 0.1) is 0 Å². The zero-order valence-electron chi connectivity index (χ0n) is 8.65. The van der Waals surface area contributed by atoms with Crippen molar-refractivity contribution in [3.63, 3.8) is 0 Å². The normalized spacial score (nSPS) is 12.5. The Hall–Kier alpha value is -0.810. The van der Waals surface area contributed by atoms with Gasteiger partial charge in [0.1, 0.15) is 17.5 Å². The van der Waals surface area contributed by atoms with Crippen LogP contribution in [-0.4, -0.2) is 35.9 Å². The predicted octanol–water partition coefficient (Wildman–Crippen LogP) is 1.19. The zero-order valence-corrected chi connectivity index (χ0v) is 9.47. The topological polar surface area (TPSA) is 47.0 Å². The van der Waals surface area contributed by atoms with Crippen LogP contribution in [0.5, 0.6) is 5.88 Å². The Bertz CT molecular complexity index is 283. The minimum absolute atomic E-state index is 0.115. The summed E-state index contributed by atoms with van der Waals surface area (Å²) in [6.45, 7) is 2.80. The third kappa shape index (κ3) is 3.51. The van der Waals surface area contributed by atoms with Gasteiger partial charge in [0.25, 0.3) is 0 Å². The van der Waals surface area contributed by atoms with E-state index in [9.17, 15) is 0 Å². The summed E-state index contributed by atoms with van der Waals surface area (Å²) >= 11 is 1.58. The van der Waals surface area contributed by atoms with E-state index in [1.165, 1.54) is 6.33 Å². The summed E-state index contributed by atoms with van der Waals surface area (Å²) in [6.07, 6.45) is 3.61. The van der Waals surface area contributed by atoms with Crippen LogP contribution in [0.25, 0.3) is 0 Å². The van der Waals surface area contributed by atoms with E-state index in [1.807, 2.05) is 26.3 Å². The Kier molecular flexibility index (Phi) is 4.69. The lowest BCUT2D eigenvalue weighted by Gasteiger charge is -2.12. The second-order valence-corrected chi connectivity index (χ2v) is 3.71. The van der Waals surface area contributed by atoms with E-state index in [4.69, 9.17) is 4.74 Å². The van der Waals surface area contributed by atoms with Gasteiger partial charge in [-0.25, -0.2) is 9.97 Å². The van der Waals surface area contributed by atoms with Crippen molar-refractivity contribution in [1.29, 1.82) is 0 Å². The van der Waals surface area contributed by atoms with Crippen LogP contribution in [0.4, 0.5) is 0 Å². The molecule has 1 aromatic rings. The molecule has 0 radical (unpaired) electrons. The molecule has 0 saturated heterocycles. The van der Waals surface area contributed by atoms with Crippen molar-refractivity contribution in [2.45, 2.75) is 18.1 Å². The summed E-state index contributed by atoms with van der Waals surface area (Å²) in [6, 6.07) is 1.84. The number of ether oxygens (including phenoxy) is 1. The maximum absolute atomic E-state index is 5.57. The van der Waals surface area contributed by atoms with Crippen molar-refractivity contribution in [1.82, 2.24) is 15.3 Å². The monoisotopic (exact) mass is 213 g/mol. The maximum atomic E-state index is 5.57. The van der Waals surface area contributed by atoms with Crippen molar-refractivity contribution in [3.8, 4) is 5.88 Å². The first-order chi connectivity index (χ1) is 6.76. The Labute approximate surface area is 88.5 Å². The van der Waals surface area contributed by atoms with Crippen molar-refractivity contribution >= 4 is 11.8 Å². The molecule has 0 amide bonds. The highest BCUT2D eigenvalue weighted by atomic mass is 32.2. The Morgan fingerprint density at radius 1 is 1.57 bits per heavy atom. The van der Waals surface area contributed by atoms with Crippen molar-refractivity contribution in [2.75, 3.05) is 19.8 Å². The lowest BCUT2D eigenvalue weighted by Crippen LogP contribution is -2.26. The van der Waals surface area contributed by atoms with Gasteiger partial charge in [-0.05, 0) is 20.2 Å². The van der Waals surface area contributed by atoms with E-state index in [2.05, 4.69) is 15.3 Å². The minimum Gasteiger partial charge on any atom is -0.473 e. The quantitative estimate of drug-likeness (QED) is 0.588. The summed E-state index contributed by atoms with van der Waals surface area (Å²) in [7, 11) is 1.90. The molecule has 0 fully saturated rings. The molecule has 5 heteroatoms. The number of nitrogens with zero attached hydrogens (tertiary/aromatic N) is 2. The maximum Gasteiger partial charge on any atom is 0.217 e. The van der Waals surface area contributed by atoms with E-state index >= 15 is 0 Å². The molecule has 0 aliphatic rings. The van der Waals surface area contributed by atoms with Gasteiger partial charge in [0.05, 0.1) is 0 Å². The van der Waals surface area contributed by atoms with Gasteiger partial charge in [0.15, 0.2) is 0 Å². The fourth-order valence-corrected chi connectivity index (χ4v) is 1.41. The molecule has 4 nitrogen and oxygen atoms in total. The molecule has 1 rings (SSSR count). The fraction of sp³-hybridized carbons (Fsp3) is 0.556. The highest BCUT2D eigenvalue weighted by molar-refractivity contribution is 7.98. The van der Waals surface area contributed by atoms with Crippen LogP contribution in [-0.2, 0) is 0 Å². The molecule has 0 saturated carbocycles. The van der Waals surface area contributed by atoms with Crippen LogP contribution in [0.2, 0.25) is 0 Å². The Balaban J connectivity index is 2.57. The molecule has 1 atom stereocenters. The first-order valence-corrected chi connectivity index (χ1v) is 5.66. The number of hydrogen-bond acceptors (Lipinski definition) is 5. The van der Waals surface area contributed by atoms with E-state index in [1.54, 1.807) is 11.8 Å². The van der Waals surface area contributed by atoms with E-state index < -0.39 is 0 Å². The smallest absolute Gasteiger partial charge is 0.217 e. The van der Waals surface area contributed by atoms with E-state index in [0.29, 0.717) is 5.88 Å². The largest absolute Gasteiger partial charge is 0.473 e. The van der Waals surface area contributed by atoms with Gasteiger partial charge >= 0.3 is 0 Å². The second kappa shape index (κ2) is 5.82. The molecule has 1 unspecified atom stereocenters. The second-order valence-electron chi connectivity index (χ2n) is 2.88. The van der Waals surface area contributed by atoms with Crippen LogP contribution in [0.1, 0.15) is 6.92 Å². The standard InChI is InChI=1S/C9H15N3OS/c1-7(5-10-2)13-8-4-9(14-3)12-6-11-8/h4,6-7,10H,5H2,1-3H3. The fourth-order valence-electron chi connectivity index (χ4n) is 1.03. The molecule has 0 aliphatic carbocycles. The summed E-state index contributed by atoms with van der Waals surface area (Å²) in [4.78, 5) is 8.10. The summed E-state index contributed by atoms with van der Waals surface area (Å²) in [5.74, 6) is 0.632. The SMILES string of the molecule is CNCC(C)Oc1cc(SC)ncn1.